The highest BCUT2D eigenvalue weighted by atomic mass is 32.1. The van der Waals surface area contributed by atoms with Crippen LogP contribution in [0.3, 0.4) is 0 Å². The quantitative estimate of drug-likeness (QED) is 0.536. The van der Waals surface area contributed by atoms with Crippen LogP contribution in [0, 0.1) is 5.82 Å². The summed E-state index contributed by atoms with van der Waals surface area (Å²) in [6.07, 6.45) is -0.979. The second kappa shape index (κ2) is 10.5. The van der Waals surface area contributed by atoms with Gasteiger partial charge in [-0.15, -0.1) is 11.3 Å². The molecule has 1 heterocycles. The Morgan fingerprint density at radius 1 is 1.00 bits per heavy atom. The standard InChI is InChI=1S/C19H21FN2O4S/c20-15-5-2-1-4-13(15)10-19(26)22-12-14(23)11-21-18(25)8-7-16(24)17-6-3-9-27-17/h1-6,9,14,23H,7-8,10-12H2,(H,21,25)(H,22,26). The van der Waals surface area contributed by atoms with Crippen LogP contribution in [-0.4, -0.2) is 41.9 Å². The lowest BCUT2D eigenvalue weighted by Crippen LogP contribution is -2.40. The largest absolute Gasteiger partial charge is 0.389 e. The van der Waals surface area contributed by atoms with Crippen molar-refractivity contribution in [3.63, 3.8) is 0 Å². The topological polar surface area (TPSA) is 95.5 Å². The lowest BCUT2D eigenvalue weighted by atomic mass is 10.1. The van der Waals surface area contributed by atoms with Crippen molar-refractivity contribution in [2.24, 2.45) is 0 Å². The summed E-state index contributed by atoms with van der Waals surface area (Å²) in [5.74, 6) is -1.33. The van der Waals surface area contributed by atoms with Crippen molar-refractivity contribution in [1.82, 2.24) is 10.6 Å². The second-order valence-electron chi connectivity index (χ2n) is 5.93. The summed E-state index contributed by atoms with van der Waals surface area (Å²) < 4.78 is 13.5. The molecule has 0 aliphatic heterocycles. The number of ketones is 1. The molecule has 2 amide bonds. The monoisotopic (exact) mass is 392 g/mol. The highest BCUT2D eigenvalue weighted by Gasteiger charge is 2.13. The number of rotatable bonds is 10. The number of nitrogens with one attached hydrogen (secondary N) is 2. The number of halogens is 1. The van der Waals surface area contributed by atoms with Crippen molar-refractivity contribution in [3.8, 4) is 0 Å². The van der Waals surface area contributed by atoms with Gasteiger partial charge >= 0.3 is 0 Å². The van der Waals surface area contributed by atoms with Gasteiger partial charge in [0.15, 0.2) is 5.78 Å². The molecule has 2 aromatic rings. The van der Waals surface area contributed by atoms with Crippen molar-refractivity contribution in [2.75, 3.05) is 13.1 Å². The van der Waals surface area contributed by atoms with Crippen molar-refractivity contribution in [1.29, 1.82) is 0 Å². The van der Waals surface area contributed by atoms with Gasteiger partial charge in [-0.25, -0.2) is 4.39 Å². The highest BCUT2D eigenvalue weighted by Crippen LogP contribution is 2.12. The van der Waals surface area contributed by atoms with Crippen LogP contribution in [0.1, 0.15) is 28.1 Å². The maximum atomic E-state index is 13.5. The van der Waals surface area contributed by atoms with E-state index in [4.69, 9.17) is 0 Å². The molecule has 0 aliphatic rings. The Morgan fingerprint density at radius 3 is 2.37 bits per heavy atom. The number of benzene rings is 1. The average molecular weight is 392 g/mol. The van der Waals surface area contributed by atoms with Crippen LogP contribution >= 0.6 is 11.3 Å². The molecule has 1 atom stereocenters. The molecular weight excluding hydrogens is 371 g/mol. The van der Waals surface area contributed by atoms with E-state index in [2.05, 4.69) is 10.6 Å². The molecule has 0 radical (unpaired) electrons. The van der Waals surface area contributed by atoms with E-state index < -0.39 is 17.8 Å². The molecule has 0 bridgehead atoms. The Bertz CT molecular complexity index is 780. The fourth-order valence-corrected chi connectivity index (χ4v) is 2.98. The van der Waals surface area contributed by atoms with Crippen LogP contribution in [-0.2, 0) is 16.0 Å². The Balaban J connectivity index is 1.61. The molecule has 0 saturated heterocycles. The molecular formula is C19H21FN2O4S. The van der Waals surface area contributed by atoms with Gasteiger partial charge < -0.3 is 15.7 Å². The number of carbonyl (C=O) groups is 3. The van der Waals surface area contributed by atoms with Crippen LogP contribution in [0.5, 0.6) is 0 Å². The molecule has 2 rings (SSSR count). The molecule has 8 heteroatoms. The molecule has 3 N–H and O–H groups in total. The normalized spacial score (nSPS) is 11.6. The van der Waals surface area contributed by atoms with Crippen molar-refractivity contribution in [3.05, 3.63) is 58.0 Å². The number of aliphatic hydroxyl groups is 1. The Morgan fingerprint density at radius 2 is 1.70 bits per heavy atom. The zero-order chi connectivity index (χ0) is 19.6. The van der Waals surface area contributed by atoms with E-state index in [9.17, 15) is 23.9 Å². The van der Waals surface area contributed by atoms with E-state index in [1.54, 1.807) is 23.6 Å². The average Bonchev–Trinajstić information content (AvgIpc) is 3.19. The van der Waals surface area contributed by atoms with Gasteiger partial charge in [0.2, 0.25) is 11.8 Å². The van der Waals surface area contributed by atoms with E-state index >= 15 is 0 Å². The SMILES string of the molecule is O=C(CCC(=O)c1cccs1)NCC(O)CNC(=O)Cc1ccccc1F. The molecule has 6 nitrogen and oxygen atoms in total. The summed E-state index contributed by atoms with van der Waals surface area (Å²) in [5.41, 5.74) is 0.271. The number of aliphatic hydroxyl groups excluding tert-OH is 1. The first-order valence-corrected chi connectivity index (χ1v) is 9.35. The number of hydrogen-bond acceptors (Lipinski definition) is 5. The summed E-state index contributed by atoms with van der Waals surface area (Å²) in [6, 6.07) is 9.45. The van der Waals surface area contributed by atoms with Gasteiger partial charge in [0, 0.05) is 25.9 Å². The molecule has 1 aromatic heterocycles. The third kappa shape index (κ3) is 7.28. The van der Waals surface area contributed by atoms with Gasteiger partial charge in [-0.2, -0.15) is 0 Å². The zero-order valence-corrected chi connectivity index (χ0v) is 15.4. The second-order valence-corrected chi connectivity index (χ2v) is 6.88. The molecule has 0 spiro atoms. The lowest BCUT2D eigenvalue weighted by Gasteiger charge is -2.13. The molecule has 0 fully saturated rings. The summed E-state index contributed by atoms with van der Waals surface area (Å²) in [4.78, 5) is 35.9. The van der Waals surface area contributed by atoms with Crippen LogP contribution < -0.4 is 10.6 Å². The lowest BCUT2D eigenvalue weighted by molar-refractivity contribution is -0.121. The van der Waals surface area contributed by atoms with Gasteiger partial charge in [-0.3, -0.25) is 14.4 Å². The first kappa shape index (κ1) is 20.7. The zero-order valence-electron chi connectivity index (χ0n) is 14.6. The minimum atomic E-state index is -0.980. The fourth-order valence-electron chi connectivity index (χ4n) is 2.29. The predicted molar refractivity (Wildman–Crippen MR) is 100 cm³/mol. The van der Waals surface area contributed by atoms with Gasteiger partial charge in [-0.05, 0) is 23.1 Å². The van der Waals surface area contributed by atoms with Gasteiger partial charge in [0.1, 0.15) is 5.82 Å². The maximum Gasteiger partial charge on any atom is 0.224 e. The summed E-state index contributed by atoms with van der Waals surface area (Å²) >= 11 is 1.33. The smallest absolute Gasteiger partial charge is 0.224 e. The number of hydrogen-bond donors (Lipinski definition) is 3. The molecule has 27 heavy (non-hydrogen) atoms. The summed E-state index contributed by atoms with van der Waals surface area (Å²) in [7, 11) is 0. The molecule has 1 unspecified atom stereocenters. The minimum Gasteiger partial charge on any atom is -0.389 e. The first-order chi connectivity index (χ1) is 13.0. The highest BCUT2D eigenvalue weighted by molar-refractivity contribution is 7.12. The molecule has 1 aromatic carbocycles. The number of Topliss-reactive ketones (excluding diaryl/α,β-unsaturated/α-hetero) is 1. The van der Waals surface area contributed by atoms with E-state index in [1.165, 1.54) is 29.5 Å². The Labute approximate surface area is 160 Å². The third-order valence-corrected chi connectivity index (χ3v) is 4.66. The van der Waals surface area contributed by atoms with Gasteiger partial charge in [0.25, 0.3) is 0 Å². The van der Waals surface area contributed by atoms with E-state index in [-0.39, 0.29) is 49.6 Å². The van der Waals surface area contributed by atoms with Crippen LogP contribution in [0.2, 0.25) is 0 Å². The van der Waals surface area contributed by atoms with Gasteiger partial charge in [-0.1, -0.05) is 24.3 Å². The van der Waals surface area contributed by atoms with Gasteiger partial charge in [0.05, 0.1) is 17.4 Å². The number of amides is 2. The van der Waals surface area contributed by atoms with Crippen molar-refractivity contribution >= 4 is 28.9 Å². The molecule has 0 aliphatic carbocycles. The number of carbonyl (C=O) groups excluding carboxylic acids is 3. The van der Waals surface area contributed by atoms with Crippen LogP contribution in [0.25, 0.3) is 0 Å². The fraction of sp³-hybridized carbons (Fsp3) is 0.316. The third-order valence-electron chi connectivity index (χ3n) is 3.75. The van der Waals surface area contributed by atoms with E-state index in [1.807, 2.05) is 0 Å². The Kier molecular flexibility index (Phi) is 8.09. The van der Waals surface area contributed by atoms with Crippen LogP contribution in [0.4, 0.5) is 4.39 Å². The summed E-state index contributed by atoms with van der Waals surface area (Å²) in [6.45, 7) is -0.117. The van der Waals surface area contributed by atoms with Crippen molar-refractivity contribution in [2.45, 2.75) is 25.4 Å². The summed E-state index contributed by atoms with van der Waals surface area (Å²) in [5, 5.41) is 16.6. The Hall–Kier alpha value is -2.58. The minimum absolute atomic E-state index is 0.0308. The first-order valence-electron chi connectivity index (χ1n) is 8.47. The molecule has 144 valence electrons. The van der Waals surface area contributed by atoms with E-state index in [0.29, 0.717) is 4.88 Å². The number of thiophene rings is 1. The van der Waals surface area contributed by atoms with Crippen molar-refractivity contribution < 1.29 is 23.9 Å². The maximum absolute atomic E-state index is 13.5. The molecule has 0 saturated carbocycles. The predicted octanol–water partition coefficient (Wildman–Crippen LogP) is 1.69. The van der Waals surface area contributed by atoms with E-state index in [0.717, 1.165) is 0 Å². The van der Waals surface area contributed by atoms with Crippen LogP contribution in [0.15, 0.2) is 41.8 Å².